The van der Waals surface area contributed by atoms with E-state index in [4.69, 9.17) is 35.3 Å². The summed E-state index contributed by atoms with van der Waals surface area (Å²) < 4.78 is 28.1. The standard InChI is InChI=1S/C34H37ClO10/c1-20(36)41-19-29-31(42-21(2)37)33(44-23(4)39)32(43-22(3)38)30(45-29)26-11-12-28(35)27(18-26)17-25-9-7-24(8-10-25)13-16-34(40)14-5-6-15-34/h7-12,18,29-33,40H,5-6,14-15,17,19H2,1-4H3/t29-,30+,31-,32+,33+/m1/s1. The SMILES string of the molecule is CC(=O)OC[C@H]1O[C@@H](c2ccc(Cl)c(Cc3ccc(C#CC4(O)CCCC4)cc3)c2)[C@H](OC(C)=O)[C@@H](OC(C)=O)[C@@H]1OC(C)=O. The van der Waals surface area contributed by atoms with E-state index in [2.05, 4.69) is 11.8 Å². The lowest BCUT2D eigenvalue weighted by molar-refractivity contribution is -0.254. The zero-order valence-corrected chi connectivity index (χ0v) is 26.4. The van der Waals surface area contributed by atoms with Gasteiger partial charge in [0.05, 0.1) is 0 Å². The van der Waals surface area contributed by atoms with Crippen LogP contribution in [0.25, 0.3) is 0 Å². The summed E-state index contributed by atoms with van der Waals surface area (Å²) in [6, 6.07) is 12.8. The Bertz CT molecular complexity index is 1470. The predicted octanol–water partition coefficient (Wildman–Crippen LogP) is 4.39. The molecule has 0 bridgehead atoms. The largest absolute Gasteiger partial charge is 0.463 e. The van der Waals surface area contributed by atoms with E-state index in [1.54, 1.807) is 18.2 Å². The van der Waals surface area contributed by atoms with E-state index >= 15 is 0 Å². The van der Waals surface area contributed by atoms with Gasteiger partial charge in [-0.3, -0.25) is 19.2 Å². The zero-order valence-electron chi connectivity index (χ0n) is 25.7. The van der Waals surface area contributed by atoms with Crippen LogP contribution in [0.5, 0.6) is 0 Å². The second-order valence-corrected chi connectivity index (χ2v) is 11.7. The Morgan fingerprint density at radius 3 is 2.07 bits per heavy atom. The number of halogens is 1. The van der Waals surface area contributed by atoms with Crippen molar-refractivity contribution >= 4 is 35.5 Å². The first kappa shape index (κ1) is 34.0. The minimum absolute atomic E-state index is 0.318. The minimum Gasteiger partial charge on any atom is -0.463 e. The highest BCUT2D eigenvalue weighted by atomic mass is 35.5. The summed E-state index contributed by atoms with van der Waals surface area (Å²) in [5.41, 5.74) is 2.10. The number of benzene rings is 2. The summed E-state index contributed by atoms with van der Waals surface area (Å²) in [4.78, 5) is 48.1. The third kappa shape index (κ3) is 9.30. The molecule has 45 heavy (non-hydrogen) atoms. The maximum absolute atomic E-state index is 12.2. The molecule has 10 nitrogen and oxygen atoms in total. The first-order chi connectivity index (χ1) is 21.3. The summed E-state index contributed by atoms with van der Waals surface area (Å²) in [5.74, 6) is 3.41. The van der Waals surface area contributed by atoms with Crippen molar-refractivity contribution in [2.45, 2.75) is 95.9 Å². The Labute approximate surface area is 267 Å². The van der Waals surface area contributed by atoms with Gasteiger partial charge in [-0.1, -0.05) is 47.7 Å². The highest BCUT2D eigenvalue weighted by molar-refractivity contribution is 6.31. The topological polar surface area (TPSA) is 135 Å². The van der Waals surface area contributed by atoms with E-state index in [-0.39, 0.29) is 6.61 Å². The summed E-state index contributed by atoms with van der Waals surface area (Å²) in [5, 5.41) is 11.0. The lowest BCUT2D eigenvalue weighted by Crippen LogP contribution is -2.59. The Kier molecular flexibility index (Phi) is 11.3. The molecule has 5 atom stereocenters. The van der Waals surface area contributed by atoms with E-state index in [0.717, 1.165) is 29.5 Å². The molecule has 11 heteroatoms. The molecule has 1 aliphatic carbocycles. The molecule has 0 amide bonds. The summed E-state index contributed by atoms with van der Waals surface area (Å²) in [7, 11) is 0. The summed E-state index contributed by atoms with van der Waals surface area (Å²) in [6.07, 6.45) is -2.04. The number of hydrogen-bond donors (Lipinski definition) is 1. The lowest BCUT2D eigenvalue weighted by atomic mass is 9.89. The number of esters is 4. The van der Waals surface area contributed by atoms with Crippen LogP contribution in [0, 0.1) is 11.8 Å². The smallest absolute Gasteiger partial charge is 0.303 e. The number of carbonyl (C=O) groups is 4. The molecule has 4 rings (SSSR count). The Morgan fingerprint density at radius 1 is 0.867 bits per heavy atom. The molecule has 1 heterocycles. The monoisotopic (exact) mass is 640 g/mol. The van der Waals surface area contributed by atoms with Crippen LogP contribution in [-0.2, 0) is 49.3 Å². The number of rotatable bonds is 8. The average Bonchev–Trinajstić information content (AvgIpc) is 3.41. The van der Waals surface area contributed by atoms with Crippen molar-refractivity contribution in [3.8, 4) is 11.8 Å². The third-order valence-corrected chi connectivity index (χ3v) is 7.98. The molecular formula is C34H37ClO10. The number of hydrogen-bond acceptors (Lipinski definition) is 10. The summed E-state index contributed by atoms with van der Waals surface area (Å²) in [6.45, 7) is 4.44. The van der Waals surface area contributed by atoms with Crippen LogP contribution < -0.4 is 0 Å². The van der Waals surface area contributed by atoms with E-state index < -0.39 is 60.0 Å². The Morgan fingerprint density at radius 2 is 1.47 bits per heavy atom. The van der Waals surface area contributed by atoms with Crippen LogP contribution in [0.15, 0.2) is 42.5 Å². The van der Waals surface area contributed by atoms with Gasteiger partial charge in [-0.2, -0.15) is 0 Å². The van der Waals surface area contributed by atoms with E-state index in [0.29, 0.717) is 29.8 Å². The Hall–Kier alpha value is -3.91. The van der Waals surface area contributed by atoms with Gasteiger partial charge in [-0.25, -0.2) is 0 Å². The van der Waals surface area contributed by atoms with Gasteiger partial charge in [0.15, 0.2) is 18.3 Å². The van der Waals surface area contributed by atoms with Gasteiger partial charge >= 0.3 is 23.9 Å². The molecule has 1 N–H and O–H groups in total. The zero-order chi connectivity index (χ0) is 32.7. The molecule has 2 aromatic carbocycles. The maximum atomic E-state index is 12.2. The van der Waals surface area contributed by atoms with Crippen molar-refractivity contribution < 1.29 is 48.0 Å². The fraction of sp³-hybridized carbons (Fsp3) is 0.471. The van der Waals surface area contributed by atoms with Crippen molar-refractivity contribution in [3.05, 3.63) is 69.7 Å². The number of aliphatic hydroxyl groups is 1. The fourth-order valence-electron chi connectivity index (χ4n) is 5.60. The molecule has 240 valence electrons. The van der Waals surface area contributed by atoms with E-state index in [1.807, 2.05) is 24.3 Å². The van der Waals surface area contributed by atoms with Crippen molar-refractivity contribution in [1.29, 1.82) is 0 Å². The van der Waals surface area contributed by atoms with Crippen molar-refractivity contribution in [2.24, 2.45) is 0 Å². The average molecular weight is 641 g/mol. The first-order valence-electron chi connectivity index (χ1n) is 14.8. The minimum atomic E-state index is -1.27. The van der Waals surface area contributed by atoms with Crippen LogP contribution in [0.3, 0.4) is 0 Å². The van der Waals surface area contributed by atoms with Crippen LogP contribution in [-0.4, -0.2) is 65.6 Å². The number of carbonyl (C=O) groups excluding carboxylic acids is 4. The van der Waals surface area contributed by atoms with Crippen LogP contribution in [0.2, 0.25) is 5.02 Å². The number of ether oxygens (including phenoxy) is 5. The van der Waals surface area contributed by atoms with Gasteiger partial charge in [0.2, 0.25) is 0 Å². The molecule has 2 fully saturated rings. The molecule has 1 saturated carbocycles. The van der Waals surface area contributed by atoms with Crippen molar-refractivity contribution in [2.75, 3.05) is 6.61 Å². The second kappa shape index (κ2) is 14.9. The van der Waals surface area contributed by atoms with Gasteiger partial charge in [-0.05, 0) is 67.0 Å². The van der Waals surface area contributed by atoms with Crippen molar-refractivity contribution in [1.82, 2.24) is 0 Å². The molecule has 0 spiro atoms. The van der Waals surface area contributed by atoms with E-state index in [1.165, 1.54) is 27.7 Å². The highest BCUT2D eigenvalue weighted by Gasteiger charge is 2.52. The Balaban J connectivity index is 1.65. The predicted molar refractivity (Wildman–Crippen MR) is 162 cm³/mol. The molecule has 2 aromatic rings. The molecule has 0 radical (unpaired) electrons. The molecule has 1 aliphatic heterocycles. The quantitative estimate of drug-likeness (QED) is 0.252. The molecule has 0 aromatic heterocycles. The second-order valence-electron chi connectivity index (χ2n) is 11.3. The van der Waals surface area contributed by atoms with Gasteiger partial charge in [0.1, 0.15) is 24.4 Å². The van der Waals surface area contributed by atoms with Gasteiger partial charge in [0.25, 0.3) is 0 Å². The van der Waals surface area contributed by atoms with Crippen molar-refractivity contribution in [3.63, 3.8) is 0 Å². The van der Waals surface area contributed by atoms with Gasteiger partial charge in [0, 0.05) is 38.3 Å². The van der Waals surface area contributed by atoms with Crippen LogP contribution in [0.1, 0.15) is 81.7 Å². The first-order valence-corrected chi connectivity index (χ1v) is 15.1. The summed E-state index contributed by atoms with van der Waals surface area (Å²) >= 11 is 6.61. The molecular weight excluding hydrogens is 604 g/mol. The van der Waals surface area contributed by atoms with Gasteiger partial charge < -0.3 is 28.8 Å². The highest BCUT2D eigenvalue weighted by Crippen LogP contribution is 2.39. The fourth-order valence-corrected chi connectivity index (χ4v) is 5.79. The lowest BCUT2D eigenvalue weighted by Gasteiger charge is -2.44. The molecule has 1 saturated heterocycles. The normalized spacial score (nSPS) is 23.6. The van der Waals surface area contributed by atoms with Crippen LogP contribution >= 0.6 is 11.6 Å². The maximum Gasteiger partial charge on any atom is 0.303 e. The molecule has 2 aliphatic rings. The van der Waals surface area contributed by atoms with E-state index in [9.17, 15) is 24.3 Å². The van der Waals surface area contributed by atoms with Gasteiger partial charge in [-0.15, -0.1) is 0 Å². The van der Waals surface area contributed by atoms with Crippen LogP contribution in [0.4, 0.5) is 0 Å². The third-order valence-electron chi connectivity index (χ3n) is 7.61. The molecule has 0 unspecified atom stereocenters.